The van der Waals surface area contributed by atoms with E-state index in [4.69, 9.17) is 5.11 Å². The molecule has 1 N–H and O–H groups in total. The average molecular weight is 290 g/mol. The first-order chi connectivity index (χ1) is 10.7. The molecule has 1 aliphatic rings. The Morgan fingerprint density at radius 2 is 1.64 bits per heavy atom. The Balaban J connectivity index is 1.89. The Morgan fingerprint density at radius 1 is 0.955 bits per heavy atom. The summed E-state index contributed by atoms with van der Waals surface area (Å²) in [5.41, 5.74) is 3.78. The molecule has 1 aliphatic carbocycles. The zero-order chi connectivity index (χ0) is 15.3. The van der Waals surface area contributed by atoms with E-state index in [1.807, 2.05) is 18.2 Å². The molecular weight excluding hydrogens is 280 g/mol. The SMILES string of the molecule is O=C(O)c1ccc(-n2ncc3c2-c2ccccc2C3=O)cc1. The monoisotopic (exact) mass is 290 g/mol. The smallest absolute Gasteiger partial charge is 0.335 e. The maximum atomic E-state index is 12.3. The molecule has 106 valence electrons. The number of ketones is 1. The zero-order valence-electron chi connectivity index (χ0n) is 11.4. The third-order valence-corrected chi connectivity index (χ3v) is 3.80. The van der Waals surface area contributed by atoms with Gasteiger partial charge >= 0.3 is 5.97 Å². The van der Waals surface area contributed by atoms with E-state index in [0.717, 1.165) is 16.9 Å². The molecule has 0 bridgehead atoms. The van der Waals surface area contributed by atoms with Gasteiger partial charge in [-0.05, 0) is 24.3 Å². The largest absolute Gasteiger partial charge is 0.478 e. The number of aromatic nitrogens is 2. The van der Waals surface area contributed by atoms with E-state index in [-0.39, 0.29) is 11.3 Å². The standard InChI is InChI=1S/C17H10N2O3/c20-16-13-4-2-1-3-12(13)15-14(16)9-18-19(15)11-7-5-10(6-8-11)17(21)22/h1-9H,(H,21,22). The zero-order valence-corrected chi connectivity index (χ0v) is 11.4. The van der Waals surface area contributed by atoms with E-state index < -0.39 is 5.97 Å². The summed E-state index contributed by atoms with van der Waals surface area (Å²) in [5, 5.41) is 13.2. The third-order valence-electron chi connectivity index (χ3n) is 3.80. The lowest BCUT2D eigenvalue weighted by Crippen LogP contribution is -2.01. The van der Waals surface area contributed by atoms with Gasteiger partial charge in [-0.3, -0.25) is 4.79 Å². The van der Waals surface area contributed by atoms with Crippen molar-refractivity contribution in [1.29, 1.82) is 0 Å². The van der Waals surface area contributed by atoms with Gasteiger partial charge in [-0.15, -0.1) is 0 Å². The molecule has 1 heterocycles. The average Bonchev–Trinajstić information content (AvgIpc) is 3.09. The number of fused-ring (bicyclic) bond motifs is 3. The van der Waals surface area contributed by atoms with Crippen LogP contribution in [0.25, 0.3) is 16.9 Å². The molecule has 0 spiro atoms. The first kappa shape index (κ1) is 12.5. The maximum Gasteiger partial charge on any atom is 0.335 e. The minimum absolute atomic E-state index is 0.0287. The second-order valence-corrected chi connectivity index (χ2v) is 5.05. The summed E-state index contributed by atoms with van der Waals surface area (Å²) in [6, 6.07) is 13.8. The number of benzene rings is 2. The number of carbonyl (C=O) groups is 2. The molecule has 22 heavy (non-hydrogen) atoms. The molecule has 5 heteroatoms. The van der Waals surface area contributed by atoms with Crippen LogP contribution in [-0.2, 0) is 0 Å². The molecular formula is C17H10N2O3. The number of hydrogen-bond acceptors (Lipinski definition) is 3. The van der Waals surface area contributed by atoms with Crippen molar-refractivity contribution >= 4 is 11.8 Å². The van der Waals surface area contributed by atoms with Gasteiger partial charge in [-0.2, -0.15) is 5.10 Å². The minimum Gasteiger partial charge on any atom is -0.478 e. The van der Waals surface area contributed by atoms with Gasteiger partial charge in [0, 0.05) is 11.1 Å². The maximum absolute atomic E-state index is 12.3. The molecule has 0 aliphatic heterocycles. The molecule has 2 aromatic carbocycles. The van der Waals surface area contributed by atoms with Crippen LogP contribution in [0.2, 0.25) is 0 Å². The highest BCUT2D eigenvalue weighted by Crippen LogP contribution is 2.37. The molecule has 0 unspecified atom stereocenters. The van der Waals surface area contributed by atoms with E-state index in [1.165, 1.54) is 12.1 Å². The molecule has 0 radical (unpaired) electrons. The summed E-state index contributed by atoms with van der Waals surface area (Å²) in [6.07, 6.45) is 1.56. The van der Waals surface area contributed by atoms with Crippen LogP contribution in [-0.4, -0.2) is 26.6 Å². The Bertz CT molecular complexity index is 923. The molecule has 3 aromatic rings. The van der Waals surface area contributed by atoms with Crippen molar-refractivity contribution in [1.82, 2.24) is 9.78 Å². The first-order valence-corrected chi connectivity index (χ1v) is 6.72. The topological polar surface area (TPSA) is 72.2 Å². The quantitative estimate of drug-likeness (QED) is 0.616. The number of carbonyl (C=O) groups excluding carboxylic acids is 1. The lowest BCUT2D eigenvalue weighted by atomic mass is 10.1. The molecule has 4 rings (SSSR count). The Kier molecular flexibility index (Phi) is 2.50. The summed E-state index contributed by atoms with van der Waals surface area (Å²) in [4.78, 5) is 23.3. The summed E-state index contributed by atoms with van der Waals surface area (Å²) >= 11 is 0. The second-order valence-electron chi connectivity index (χ2n) is 5.05. The van der Waals surface area contributed by atoms with Crippen LogP contribution in [0.5, 0.6) is 0 Å². The van der Waals surface area contributed by atoms with E-state index in [9.17, 15) is 9.59 Å². The summed E-state index contributed by atoms with van der Waals surface area (Å²) in [5.74, 6) is -1.00. The van der Waals surface area contributed by atoms with E-state index >= 15 is 0 Å². The van der Waals surface area contributed by atoms with Crippen LogP contribution >= 0.6 is 0 Å². The first-order valence-electron chi connectivity index (χ1n) is 6.72. The fraction of sp³-hybridized carbons (Fsp3) is 0. The van der Waals surface area contributed by atoms with E-state index in [0.29, 0.717) is 11.1 Å². The number of aromatic carboxylic acids is 1. The van der Waals surface area contributed by atoms with Gasteiger partial charge in [0.1, 0.15) is 0 Å². The van der Waals surface area contributed by atoms with Gasteiger partial charge < -0.3 is 5.11 Å². The van der Waals surface area contributed by atoms with E-state index in [1.54, 1.807) is 29.1 Å². The number of carboxylic acids is 1. The highest BCUT2D eigenvalue weighted by molar-refractivity contribution is 6.21. The molecule has 0 saturated heterocycles. The predicted octanol–water partition coefficient (Wildman–Crippen LogP) is 2.78. The predicted molar refractivity (Wildman–Crippen MR) is 79.4 cm³/mol. The Morgan fingerprint density at radius 3 is 2.32 bits per heavy atom. The summed E-state index contributed by atoms with van der Waals surface area (Å²) in [7, 11) is 0. The van der Waals surface area contributed by atoms with Crippen molar-refractivity contribution in [2.45, 2.75) is 0 Å². The fourth-order valence-electron chi connectivity index (χ4n) is 2.75. The van der Waals surface area contributed by atoms with Crippen LogP contribution in [0.3, 0.4) is 0 Å². The second kappa shape index (κ2) is 4.39. The van der Waals surface area contributed by atoms with Crippen molar-refractivity contribution in [2.24, 2.45) is 0 Å². The normalized spacial score (nSPS) is 12.1. The van der Waals surface area contributed by atoms with Crippen molar-refractivity contribution < 1.29 is 14.7 Å². The Hall–Kier alpha value is -3.21. The van der Waals surface area contributed by atoms with Gasteiger partial charge in [0.2, 0.25) is 0 Å². The van der Waals surface area contributed by atoms with Gasteiger partial charge in [0.15, 0.2) is 5.78 Å². The van der Waals surface area contributed by atoms with Crippen LogP contribution in [0, 0.1) is 0 Å². The van der Waals surface area contributed by atoms with Gasteiger partial charge in [-0.1, -0.05) is 24.3 Å². The van der Waals surface area contributed by atoms with E-state index in [2.05, 4.69) is 5.10 Å². The lowest BCUT2D eigenvalue weighted by molar-refractivity contribution is 0.0696. The van der Waals surface area contributed by atoms with Crippen LogP contribution in [0.15, 0.2) is 54.7 Å². The number of carboxylic acid groups (broad SMARTS) is 1. The van der Waals surface area contributed by atoms with Gasteiger partial charge in [-0.25, -0.2) is 9.48 Å². The number of nitrogens with zero attached hydrogens (tertiary/aromatic N) is 2. The molecule has 0 saturated carbocycles. The molecule has 0 atom stereocenters. The minimum atomic E-state index is -0.974. The number of rotatable bonds is 2. The van der Waals surface area contributed by atoms with Crippen molar-refractivity contribution in [2.75, 3.05) is 0 Å². The van der Waals surface area contributed by atoms with Crippen LogP contribution < -0.4 is 0 Å². The molecule has 5 nitrogen and oxygen atoms in total. The lowest BCUT2D eigenvalue weighted by Gasteiger charge is -2.07. The molecule has 1 aromatic heterocycles. The molecule has 0 fully saturated rings. The van der Waals surface area contributed by atoms with Crippen molar-refractivity contribution in [3.8, 4) is 16.9 Å². The van der Waals surface area contributed by atoms with Crippen LogP contribution in [0.4, 0.5) is 0 Å². The van der Waals surface area contributed by atoms with Gasteiger partial charge in [0.25, 0.3) is 0 Å². The van der Waals surface area contributed by atoms with Crippen LogP contribution in [0.1, 0.15) is 26.3 Å². The summed E-state index contributed by atoms with van der Waals surface area (Å²) in [6.45, 7) is 0. The Labute approximate surface area is 125 Å². The van der Waals surface area contributed by atoms with Crippen molar-refractivity contribution in [3.63, 3.8) is 0 Å². The summed E-state index contributed by atoms with van der Waals surface area (Å²) < 4.78 is 1.67. The van der Waals surface area contributed by atoms with Crippen molar-refractivity contribution in [3.05, 3.63) is 71.4 Å². The highest BCUT2D eigenvalue weighted by Gasteiger charge is 2.30. The fourth-order valence-corrected chi connectivity index (χ4v) is 2.75. The molecule has 0 amide bonds. The van der Waals surface area contributed by atoms with Gasteiger partial charge in [0.05, 0.1) is 28.7 Å². The third kappa shape index (κ3) is 1.62. The highest BCUT2D eigenvalue weighted by atomic mass is 16.4. The number of hydrogen-bond donors (Lipinski definition) is 1.